The van der Waals surface area contributed by atoms with Crippen molar-refractivity contribution in [3.05, 3.63) is 144 Å². The number of benzene rings is 4. The Kier molecular flexibility index (Phi) is 7.14. The zero-order valence-corrected chi connectivity index (χ0v) is 28.7. The van der Waals surface area contributed by atoms with E-state index >= 15 is 0 Å². The van der Waals surface area contributed by atoms with Gasteiger partial charge in [0.25, 0.3) is 0 Å². The molecule has 47 heavy (non-hydrogen) atoms. The minimum Gasteiger partial charge on any atom is -0.295 e. The van der Waals surface area contributed by atoms with Gasteiger partial charge in [-0.15, -0.1) is 11.3 Å². The third-order valence-electron chi connectivity index (χ3n) is 8.93. The lowest BCUT2D eigenvalue weighted by molar-refractivity contribution is 0.0990. The number of hydrogen-bond donors (Lipinski definition) is 0. The standard InChI is InChI=1S/C38H22Cl4N2O2S/c1-38(2)25-16-21(44(20-9-4-3-5-10-20)28-15-12-19-8-6-7-11-27(19)43-28)13-14-23(25)37-26(38)18-22(47-37)17-24-35(45)29-30(36(24)46)32(40)34(42)33(41)31(29)39/h3-18H,1-2H3. The van der Waals surface area contributed by atoms with Gasteiger partial charge in [-0.05, 0) is 71.3 Å². The molecule has 2 aromatic heterocycles. The highest BCUT2D eigenvalue weighted by Crippen LogP contribution is 2.54. The van der Waals surface area contributed by atoms with Crippen molar-refractivity contribution in [3.8, 4) is 10.4 Å². The zero-order chi connectivity index (χ0) is 32.8. The van der Waals surface area contributed by atoms with E-state index in [0.717, 1.165) is 49.0 Å². The fourth-order valence-electron chi connectivity index (χ4n) is 6.55. The van der Waals surface area contributed by atoms with Crippen molar-refractivity contribution in [2.75, 3.05) is 4.90 Å². The highest BCUT2D eigenvalue weighted by atomic mass is 35.5. The lowest BCUT2D eigenvalue weighted by atomic mass is 9.82. The summed E-state index contributed by atoms with van der Waals surface area (Å²) in [5.74, 6) is -0.211. The Balaban J connectivity index is 1.21. The van der Waals surface area contributed by atoms with Crippen molar-refractivity contribution in [3.63, 3.8) is 0 Å². The van der Waals surface area contributed by atoms with Crippen LogP contribution in [-0.4, -0.2) is 16.6 Å². The first-order valence-corrected chi connectivity index (χ1v) is 17.1. The number of rotatable bonds is 4. The van der Waals surface area contributed by atoms with Gasteiger partial charge in [-0.25, -0.2) is 4.98 Å². The molecule has 2 aliphatic rings. The number of aromatic nitrogens is 1. The Hall–Kier alpha value is -3.97. The number of allylic oxidation sites excluding steroid dienone is 1. The Labute approximate surface area is 294 Å². The van der Waals surface area contributed by atoms with E-state index in [4.69, 9.17) is 51.4 Å². The summed E-state index contributed by atoms with van der Waals surface area (Å²) in [6.07, 6.45) is 1.62. The molecule has 230 valence electrons. The summed E-state index contributed by atoms with van der Waals surface area (Å²) in [7, 11) is 0. The molecule has 0 saturated carbocycles. The lowest BCUT2D eigenvalue weighted by Gasteiger charge is -2.27. The molecule has 9 heteroatoms. The maximum Gasteiger partial charge on any atom is 0.199 e. The molecule has 8 rings (SSSR count). The van der Waals surface area contributed by atoms with E-state index in [0.29, 0.717) is 0 Å². The predicted octanol–water partition coefficient (Wildman–Crippen LogP) is 12.1. The number of Topliss-reactive ketones (excluding diaryl/α,β-unsaturated/α-hetero) is 2. The van der Waals surface area contributed by atoms with Crippen molar-refractivity contribution in [2.24, 2.45) is 0 Å². The van der Waals surface area contributed by atoms with Crippen LogP contribution in [0.1, 0.15) is 50.6 Å². The molecule has 4 aromatic carbocycles. The Bertz CT molecular complexity index is 2330. The van der Waals surface area contributed by atoms with E-state index in [1.165, 1.54) is 16.9 Å². The maximum absolute atomic E-state index is 13.4. The number of pyridine rings is 1. The van der Waals surface area contributed by atoms with Crippen LogP contribution in [0.2, 0.25) is 20.1 Å². The van der Waals surface area contributed by atoms with Gasteiger partial charge in [0.1, 0.15) is 5.82 Å². The normalized spacial score (nSPS) is 14.4. The van der Waals surface area contributed by atoms with Crippen molar-refractivity contribution in [1.29, 1.82) is 0 Å². The van der Waals surface area contributed by atoms with Crippen molar-refractivity contribution in [2.45, 2.75) is 19.3 Å². The second kappa shape index (κ2) is 11.0. The Morgan fingerprint density at radius 2 is 1.36 bits per heavy atom. The summed E-state index contributed by atoms with van der Waals surface area (Å²) in [6, 6.07) is 31.0. The van der Waals surface area contributed by atoms with Crippen LogP contribution in [0.25, 0.3) is 27.4 Å². The monoisotopic (exact) mass is 710 g/mol. The van der Waals surface area contributed by atoms with Crippen LogP contribution in [0.15, 0.2) is 96.6 Å². The first kappa shape index (κ1) is 30.4. The lowest BCUT2D eigenvalue weighted by Crippen LogP contribution is -2.16. The summed E-state index contributed by atoms with van der Waals surface area (Å²) >= 11 is 26.7. The summed E-state index contributed by atoms with van der Waals surface area (Å²) in [5, 5.41) is 0.851. The van der Waals surface area contributed by atoms with Crippen molar-refractivity contribution in [1.82, 2.24) is 4.98 Å². The number of para-hydroxylation sites is 2. The van der Waals surface area contributed by atoms with Crippen LogP contribution in [-0.2, 0) is 5.41 Å². The molecule has 6 aromatic rings. The van der Waals surface area contributed by atoms with Crippen LogP contribution >= 0.6 is 57.7 Å². The third-order valence-corrected chi connectivity index (χ3v) is 11.8. The first-order valence-electron chi connectivity index (χ1n) is 14.7. The molecule has 0 bridgehead atoms. The molecule has 2 heterocycles. The second-order valence-corrected chi connectivity index (χ2v) is 14.6. The second-order valence-electron chi connectivity index (χ2n) is 12.0. The van der Waals surface area contributed by atoms with Crippen molar-refractivity contribution < 1.29 is 9.59 Å². The van der Waals surface area contributed by atoms with Crippen LogP contribution in [0.4, 0.5) is 17.2 Å². The van der Waals surface area contributed by atoms with Gasteiger partial charge in [-0.1, -0.05) is 103 Å². The predicted molar refractivity (Wildman–Crippen MR) is 195 cm³/mol. The molecule has 0 spiro atoms. The molecule has 0 aliphatic heterocycles. The Morgan fingerprint density at radius 3 is 2.06 bits per heavy atom. The number of thiophene rings is 1. The number of nitrogens with zero attached hydrogens (tertiary/aromatic N) is 2. The molecule has 0 saturated heterocycles. The smallest absolute Gasteiger partial charge is 0.199 e. The minimum absolute atomic E-state index is 0.00603. The molecular weight excluding hydrogens is 690 g/mol. The molecule has 0 unspecified atom stereocenters. The summed E-state index contributed by atoms with van der Waals surface area (Å²) in [5.41, 5.74) is 5.95. The van der Waals surface area contributed by atoms with E-state index < -0.39 is 11.6 Å². The number of carbonyl (C=O) groups excluding carboxylic acids is 2. The average molecular weight is 712 g/mol. The van der Waals surface area contributed by atoms with Crippen LogP contribution in [0.3, 0.4) is 0 Å². The van der Waals surface area contributed by atoms with E-state index in [1.54, 1.807) is 6.08 Å². The summed E-state index contributed by atoms with van der Waals surface area (Å²) in [6.45, 7) is 4.38. The van der Waals surface area contributed by atoms with Crippen LogP contribution in [0.5, 0.6) is 0 Å². The number of anilines is 3. The minimum atomic E-state index is -0.517. The molecule has 0 fully saturated rings. The zero-order valence-electron chi connectivity index (χ0n) is 24.9. The highest BCUT2D eigenvalue weighted by molar-refractivity contribution is 7.16. The fraction of sp³-hybridized carbons (Fsp3) is 0.0789. The Morgan fingerprint density at radius 1 is 0.702 bits per heavy atom. The number of carbonyl (C=O) groups is 2. The molecule has 0 radical (unpaired) electrons. The molecule has 0 amide bonds. The highest BCUT2D eigenvalue weighted by Gasteiger charge is 2.41. The molecule has 0 atom stereocenters. The van der Waals surface area contributed by atoms with Gasteiger partial charge in [0.15, 0.2) is 11.6 Å². The van der Waals surface area contributed by atoms with Gasteiger partial charge in [0, 0.05) is 31.9 Å². The molecule has 4 nitrogen and oxygen atoms in total. The molecule has 0 N–H and O–H groups in total. The quantitative estimate of drug-likeness (QED) is 0.0790. The van der Waals surface area contributed by atoms with E-state index in [2.05, 4.69) is 73.3 Å². The van der Waals surface area contributed by atoms with E-state index in [9.17, 15) is 9.59 Å². The number of fused-ring (bicyclic) bond motifs is 5. The molecular formula is C38H22Cl4N2O2S. The number of halogens is 4. The van der Waals surface area contributed by atoms with Crippen LogP contribution in [0, 0.1) is 0 Å². The maximum atomic E-state index is 13.4. The summed E-state index contributed by atoms with van der Waals surface area (Å²) < 4.78 is 0. The third kappa shape index (κ3) is 4.60. The SMILES string of the molecule is CC1(C)c2cc(N(c3ccccc3)c3ccc4ccccc4n3)ccc2-c2sc(C=C3C(=O)c4c(Cl)c(Cl)c(Cl)c(Cl)c4C3=O)cc21. The van der Waals surface area contributed by atoms with Crippen LogP contribution < -0.4 is 4.90 Å². The van der Waals surface area contributed by atoms with E-state index in [-0.39, 0.29) is 42.2 Å². The average Bonchev–Trinajstić information content (AvgIpc) is 3.68. The molecule has 2 aliphatic carbocycles. The van der Waals surface area contributed by atoms with Gasteiger partial charge in [-0.2, -0.15) is 0 Å². The fourth-order valence-corrected chi connectivity index (χ4v) is 8.88. The van der Waals surface area contributed by atoms with Gasteiger partial charge in [0.05, 0.1) is 42.3 Å². The number of hydrogen-bond acceptors (Lipinski definition) is 5. The summed E-state index contributed by atoms with van der Waals surface area (Å²) in [4.78, 5) is 35.9. The van der Waals surface area contributed by atoms with E-state index in [1.807, 2.05) is 36.4 Å². The van der Waals surface area contributed by atoms with Gasteiger partial charge >= 0.3 is 0 Å². The van der Waals surface area contributed by atoms with Gasteiger partial charge < -0.3 is 0 Å². The van der Waals surface area contributed by atoms with Gasteiger partial charge in [0.2, 0.25) is 0 Å². The largest absolute Gasteiger partial charge is 0.295 e. The topological polar surface area (TPSA) is 50.3 Å². The number of ketones is 2. The van der Waals surface area contributed by atoms with Gasteiger partial charge in [-0.3, -0.25) is 14.5 Å². The first-order chi connectivity index (χ1) is 22.6. The van der Waals surface area contributed by atoms with Crippen molar-refractivity contribution >= 4 is 103 Å².